The van der Waals surface area contributed by atoms with E-state index in [0.29, 0.717) is 10.9 Å². The molecule has 0 atom stereocenters. The highest BCUT2D eigenvalue weighted by Crippen LogP contribution is 2.25. The summed E-state index contributed by atoms with van der Waals surface area (Å²) in [5, 5.41) is 3.78. The first-order valence-corrected chi connectivity index (χ1v) is 6.07. The molecule has 0 bridgehead atoms. The minimum atomic E-state index is 0.655. The second kappa shape index (κ2) is 6.77. The van der Waals surface area contributed by atoms with Gasteiger partial charge in [0.1, 0.15) is 5.75 Å². The Labute approximate surface area is 103 Å². The predicted octanol–water partition coefficient (Wildman–Crippen LogP) is 3.48. The molecule has 0 saturated carbocycles. The Morgan fingerprint density at radius 3 is 2.69 bits per heavy atom. The lowest BCUT2D eigenvalue weighted by Gasteiger charge is -2.10. The lowest BCUT2D eigenvalue weighted by Crippen LogP contribution is -2.05. The Hall–Kier alpha value is -0.730. The van der Waals surface area contributed by atoms with Crippen molar-refractivity contribution in [1.29, 1.82) is 0 Å². The molecular weight excluding hydrogens is 222 g/mol. The molecule has 0 saturated heterocycles. The summed E-state index contributed by atoms with van der Waals surface area (Å²) in [5.41, 5.74) is 1.17. The van der Waals surface area contributed by atoms with E-state index in [1.807, 2.05) is 25.2 Å². The van der Waals surface area contributed by atoms with Crippen molar-refractivity contribution in [2.45, 2.75) is 26.8 Å². The van der Waals surface area contributed by atoms with Crippen LogP contribution in [-0.4, -0.2) is 13.7 Å². The maximum Gasteiger partial charge on any atom is 0.137 e. The maximum absolute atomic E-state index is 6.13. The Morgan fingerprint density at radius 1 is 1.38 bits per heavy atom. The fourth-order valence-corrected chi connectivity index (χ4v) is 1.64. The number of hydrogen-bond donors (Lipinski definition) is 1. The van der Waals surface area contributed by atoms with E-state index < -0.39 is 0 Å². The average molecular weight is 242 g/mol. The SMILES string of the molecule is CNCc1ccc(OCCC(C)C)c(Cl)c1. The van der Waals surface area contributed by atoms with Crippen LogP contribution in [0.4, 0.5) is 0 Å². The number of nitrogens with one attached hydrogen (secondary N) is 1. The molecule has 3 heteroatoms. The fraction of sp³-hybridized carbons (Fsp3) is 0.538. The van der Waals surface area contributed by atoms with Gasteiger partial charge in [-0.2, -0.15) is 0 Å². The molecule has 0 spiro atoms. The molecule has 0 amide bonds. The van der Waals surface area contributed by atoms with Crippen LogP contribution in [-0.2, 0) is 6.54 Å². The molecule has 0 heterocycles. The van der Waals surface area contributed by atoms with Crippen LogP contribution in [0.2, 0.25) is 5.02 Å². The van der Waals surface area contributed by atoms with Gasteiger partial charge in [-0.05, 0) is 37.1 Å². The van der Waals surface area contributed by atoms with E-state index >= 15 is 0 Å². The highest BCUT2D eigenvalue weighted by Gasteiger charge is 2.03. The zero-order chi connectivity index (χ0) is 12.0. The van der Waals surface area contributed by atoms with Crippen molar-refractivity contribution in [2.75, 3.05) is 13.7 Å². The summed E-state index contributed by atoms with van der Waals surface area (Å²) in [7, 11) is 1.92. The molecule has 0 aliphatic rings. The summed E-state index contributed by atoms with van der Waals surface area (Å²) in [6.45, 7) is 5.91. The molecule has 0 radical (unpaired) electrons. The Morgan fingerprint density at radius 2 is 2.12 bits per heavy atom. The summed E-state index contributed by atoms with van der Waals surface area (Å²) < 4.78 is 5.63. The molecule has 1 aromatic rings. The molecule has 1 aromatic carbocycles. The monoisotopic (exact) mass is 241 g/mol. The number of rotatable bonds is 6. The molecule has 0 unspecified atom stereocenters. The second-order valence-electron chi connectivity index (χ2n) is 4.33. The van der Waals surface area contributed by atoms with Gasteiger partial charge in [0.05, 0.1) is 11.6 Å². The zero-order valence-electron chi connectivity index (χ0n) is 10.2. The van der Waals surface area contributed by atoms with Gasteiger partial charge in [0.15, 0.2) is 0 Å². The lowest BCUT2D eigenvalue weighted by atomic mass is 10.1. The third-order valence-electron chi connectivity index (χ3n) is 2.33. The molecule has 90 valence electrons. The molecule has 1 N–H and O–H groups in total. The van der Waals surface area contributed by atoms with Crippen molar-refractivity contribution >= 4 is 11.6 Å². The van der Waals surface area contributed by atoms with Crippen LogP contribution >= 0.6 is 11.6 Å². The number of benzene rings is 1. The smallest absolute Gasteiger partial charge is 0.137 e. The van der Waals surface area contributed by atoms with Crippen LogP contribution in [0, 0.1) is 5.92 Å². The van der Waals surface area contributed by atoms with E-state index in [1.165, 1.54) is 5.56 Å². The van der Waals surface area contributed by atoms with Crippen LogP contribution in [0.15, 0.2) is 18.2 Å². The zero-order valence-corrected chi connectivity index (χ0v) is 11.0. The first-order chi connectivity index (χ1) is 7.63. The summed E-state index contributed by atoms with van der Waals surface area (Å²) in [4.78, 5) is 0. The van der Waals surface area contributed by atoms with Crippen molar-refractivity contribution in [3.05, 3.63) is 28.8 Å². The van der Waals surface area contributed by atoms with Crippen molar-refractivity contribution in [3.63, 3.8) is 0 Å². The molecule has 1 rings (SSSR count). The van der Waals surface area contributed by atoms with Crippen molar-refractivity contribution < 1.29 is 4.74 Å². The minimum absolute atomic E-state index is 0.655. The summed E-state index contributed by atoms with van der Waals surface area (Å²) in [6, 6.07) is 5.92. The minimum Gasteiger partial charge on any atom is -0.492 e. The van der Waals surface area contributed by atoms with Gasteiger partial charge in [-0.3, -0.25) is 0 Å². The lowest BCUT2D eigenvalue weighted by molar-refractivity contribution is 0.289. The van der Waals surface area contributed by atoms with Gasteiger partial charge >= 0.3 is 0 Å². The van der Waals surface area contributed by atoms with Gasteiger partial charge in [-0.15, -0.1) is 0 Å². The van der Waals surface area contributed by atoms with E-state index in [0.717, 1.165) is 25.3 Å². The summed E-state index contributed by atoms with van der Waals surface area (Å²) >= 11 is 6.13. The van der Waals surface area contributed by atoms with E-state index in [4.69, 9.17) is 16.3 Å². The fourth-order valence-electron chi connectivity index (χ4n) is 1.38. The first kappa shape index (κ1) is 13.3. The van der Waals surface area contributed by atoms with Crippen LogP contribution in [0.5, 0.6) is 5.75 Å². The Bertz CT molecular complexity index is 326. The normalized spacial score (nSPS) is 10.8. The number of ether oxygens (including phenoxy) is 1. The van der Waals surface area contributed by atoms with Crippen molar-refractivity contribution in [3.8, 4) is 5.75 Å². The summed E-state index contributed by atoms with van der Waals surface area (Å²) in [5.74, 6) is 1.43. The standard InChI is InChI=1S/C13H20ClNO/c1-10(2)6-7-16-13-5-4-11(9-15-3)8-12(13)14/h4-5,8,10,15H,6-7,9H2,1-3H3. The van der Waals surface area contributed by atoms with Gasteiger partial charge in [0, 0.05) is 6.54 Å². The van der Waals surface area contributed by atoms with Crippen LogP contribution in [0.1, 0.15) is 25.8 Å². The Kier molecular flexibility index (Phi) is 5.64. The average Bonchev–Trinajstić information content (AvgIpc) is 2.21. The van der Waals surface area contributed by atoms with E-state index in [-0.39, 0.29) is 0 Å². The van der Waals surface area contributed by atoms with Crippen LogP contribution in [0.25, 0.3) is 0 Å². The molecule has 2 nitrogen and oxygen atoms in total. The van der Waals surface area contributed by atoms with Gasteiger partial charge in [0.25, 0.3) is 0 Å². The quantitative estimate of drug-likeness (QED) is 0.823. The third-order valence-corrected chi connectivity index (χ3v) is 2.63. The molecular formula is C13H20ClNO. The van der Waals surface area contributed by atoms with Crippen molar-refractivity contribution in [2.24, 2.45) is 5.92 Å². The number of hydrogen-bond acceptors (Lipinski definition) is 2. The van der Waals surface area contributed by atoms with E-state index in [1.54, 1.807) is 0 Å². The molecule has 0 aromatic heterocycles. The highest BCUT2D eigenvalue weighted by atomic mass is 35.5. The van der Waals surface area contributed by atoms with E-state index in [9.17, 15) is 0 Å². The summed E-state index contributed by atoms with van der Waals surface area (Å²) in [6.07, 6.45) is 1.05. The van der Waals surface area contributed by atoms with Crippen LogP contribution < -0.4 is 10.1 Å². The number of halogens is 1. The molecule has 0 fully saturated rings. The van der Waals surface area contributed by atoms with Crippen molar-refractivity contribution in [1.82, 2.24) is 5.32 Å². The molecule has 0 aliphatic heterocycles. The van der Waals surface area contributed by atoms with E-state index in [2.05, 4.69) is 19.2 Å². The van der Waals surface area contributed by atoms with Gasteiger partial charge < -0.3 is 10.1 Å². The largest absolute Gasteiger partial charge is 0.492 e. The van der Waals surface area contributed by atoms with Gasteiger partial charge in [-0.25, -0.2) is 0 Å². The topological polar surface area (TPSA) is 21.3 Å². The maximum atomic E-state index is 6.13. The first-order valence-electron chi connectivity index (χ1n) is 5.69. The third kappa shape index (κ3) is 4.42. The highest BCUT2D eigenvalue weighted by molar-refractivity contribution is 6.32. The molecule has 16 heavy (non-hydrogen) atoms. The predicted molar refractivity (Wildman–Crippen MR) is 69.2 cm³/mol. The second-order valence-corrected chi connectivity index (χ2v) is 4.73. The Balaban J connectivity index is 2.54. The van der Waals surface area contributed by atoms with Gasteiger partial charge in [0.2, 0.25) is 0 Å². The van der Waals surface area contributed by atoms with Gasteiger partial charge in [-0.1, -0.05) is 31.5 Å². The molecule has 0 aliphatic carbocycles. The van der Waals surface area contributed by atoms with Crippen LogP contribution in [0.3, 0.4) is 0 Å².